The predicted octanol–water partition coefficient (Wildman–Crippen LogP) is 0.614. The number of rotatable bonds is 1. The summed E-state index contributed by atoms with van der Waals surface area (Å²) in [7, 11) is 0. The summed E-state index contributed by atoms with van der Waals surface area (Å²) in [6.07, 6.45) is 3.70. The SMILES string of the molecule is NP(N)(=S)N1CCCCC1. The quantitative estimate of drug-likeness (QED) is 0.579. The minimum Gasteiger partial charge on any atom is -0.279 e. The molecule has 1 fully saturated rings. The first kappa shape index (κ1) is 8.62. The number of piperidine rings is 1. The molecule has 0 unspecified atom stereocenters. The summed E-state index contributed by atoms with van der Waals surface area (Å²) in [4.78, 5) is 0. The van der Waals surface area contributed by atoms with Crippen LogP contribution < -0.4 is 11.0 Å². The molecule has 0 aromatic carbocycles. The minimum absolute atomic E-state index is 1.00. The third-order valence-corrected chi connectivity index (χ3v) is 3.75. The van der Waals surface area contributed by atoms with Crippen LogP contribution in [0.3, 0.4) is 0 Å². The van der Waals surface area contributed by atoms with Crippen molar-refractivity contribution in [3.63, 3.8) is 0 Å². The van der Waals surface area contributed by atoms with Crippen molar-refractivity contribution in [3.05, 3.63) is 0 Å². The van der Waals surface area contributed by atoms with Crippen molar-refractivity contribution >= 4 is 18.3 Å². The molecule has 1 aliphatic rings. The summed E-state index contributed by atoms with van der Waals surface area (Å²) in [6, 6.07) is 0. The van der Waals surface area contributed by atoms with Gasteiger partial charge in [-0.1, -0.05) is 6.42 Å². The van der Waals surface area contributed by atoms with Gasteiger partial charge in [0.2, 0.25) is 0 Å². The maximum atomic E-state index is 5.64. The Bertz CT molecular complexity index is 149. The van der Waals surface area contributed by atoms with Crippen molar-refractivity contribution in [3.8, 4) is 0 Å². The lowest BCUT2D eigenvalue weighted by Gasteiger charge is -2.31. The average molecular weight is 179 g/mol. The highest BCUT2D eigenvalue weighted by molar-refractivity contribution is 8.11. The molecule has 3 nitrogen and oxygen atoms in total. The molecule has 60 valence electrons. The van der Waals surface area contributed by atoms with Crippen molar-refractivity contribution in [1.29, 1.82) is 0 Å². The molecule has 0 aliphatic carbocycles. The Morgan fingerprint density at radius 1 is 1.10 bits per heavy atom. The van der Waals surface area contributed by atoms with E-state index in [1.165, 1.54) is 19.3 Å². The summed E-state index contributed by atoms with van der Waals surface area (Å²) in [5.74, 6) is 0. The molecule has 0 atom stereocenters. The summed E-state index contributed by atoms with van der Waals surface area (Å²) in [5.41, 5.74) is 11.3. The minimum atomic E-state index is -2.07. The van der Waals surface area contributed by atoms with E-state index in [0.29, 0.717) is 0 Å². The lowest BCUT2D eigenvalue weighted by atomic mass is 10.2. The molecular formula is C5H14N3PS. The second-order valence-corrected chi connectivity index (χ2v) is 6.35. The van der Waals surface area contributed by atoms with Gasteiger partial charge < -0.3 is 0 Å². The molecule has 1 rings (SSSR count). The molecule has 1 saturated heterocycles. The molecule has 0 aromatic rings. The lowest BCUT2D eigenvalue weighted by Crippen LogP contribution is -2.33. The van der Waals surface area contributed by atoms with E-state index in [1.54, 1.807) is 0 Å². The van der Waals surface area contributed by atoms with E-state index < -0.39 is 6.49 Å². The molecule has 1 heterocycles. The van der Waals surface area contributed by atoms with Gasteiger partial charge in [0, 0.05) is 13.1 Å². The van der Waals surface area contributed by atoms with Crippen LogP contribution in [-0.2, 0) is 11.8 Å². The van der Waals surface area contributed by atoms with Crippen LogP contribution in [0.5, 0.6) is 0 Å². The molecule has 0 bridgehead atoms. The smallest absolute Gasteiger partial charge is 0.135 e. The fourth-order valence-electron chi connectivity index (χ4n) is 1.19. The zero-order chi connectivity index (χ0) is 7.61. The van der Waals surface area contributed by atoms with Crippen molar-refractivity contribution < 1.29 is 0 Å². The summed E-state index contributed by atoms with van der Waals surface area (Å²) < 4.78 is 2.06. The molecule has 0 aromatic heterocycles. The third-order valence-electron chi connectivity index (χ3n) is 1.77. The third kappa shape index (κ3) is 2.29. The zero-order valence-electron chi connectivity index (χ0n) is 5.99. The average Bonchev–Trinajstić information content (AvgIpc) is 1.88. The highest BCUT2D eigenvalue weighted by Gasteiger charge is 2.18. The number of nitrogens with two attached hydrogens (primary N) is 2. The van der Waals surface area contributed by atoms with Gasteiger partial charge in [0.15, 0.2) is 0 Å². The van der Waals surface area contributed by atoms with Crippen LogP contribution in [0.1, 0.15) is 19.3 Å². The van der Waals surface area contributed by atoms with E-state index in [0.717, 1.165) is 13.1 Å². The Balaban J connectivity index is 2.47. The zero-order valence-corrected chi connectivity index (χ0v) is 7.70. The highest BCUT2D eigenvalue weighted by atomic mass is 32.4. The van der Waals surface area contributed by atoms with Gasteiger partial charge in [0.25, 0.3) is 0 Å². The van der Waals surface area contributed by atoms with E-state index in [-0.39, 0.29) is 0 Å². The Labute approximate surface area is 66.9 Å². The molecule has 1 aliphatic heterocycles. The van der Waals surface area contributed by atoms with Gasteiger partial charge in [0.1, 0.15) is 6.49 Å². The molecule has 0 amide bonds. The van der Waals surface area contributed by atoms with Crippen LogP contribution in [0.25, 0.3) is 0 Å². The molecular weight excluding hydrogens is 165 g/mol. The van der Waals surface area contributed by atoms with Crippen molar-refractivity contribution in [2.75, 3.05) is 13.1 Å². The number of hydrogen-bond donors (Lipinski definition) is 2. The maximum Gasteiger partial charge on any atom is 0.135 e. The van der Waals surface area contributed by atoms with E-state index in [2.05, 4.69) is 4.67 Å². The van der Waals surface area contributed by atoms with Crippen LogP contribution in [0.4, 0.5) is 0 Å². The van der Waals surface area contributed by atoms with Crippen molar-refractivity contribution in [2.45, 2.75) is 19.3 Å². The number of nitrogens with zero attached hydrogens (tertiary/aromatic N) is 1. The number of hydrogen-bond acceptors (Lipinski definition) is 1. The van der Waals surface area contributed by atoms with E-state index in [1.807, 2.05) is 0 Å². The second kappa shape index (κ2) is 3.28. The summed E-state index contributed by atoms with van der Waals surface area (Å²) >= 11 is 5.00. The summed E-state index contributed by atoms with van der Waals surface area (Å²) in [5, 5.41) is 0. The maximum absolute atomic E-state index is 5.64. The predicted molar refractivity (Wildman–Crippen MR) is 48.1 cm³/mol. The largest absolute Gasteiger partial charge is 0.279 e. The van der Waals surface area contributed by atoms with Gasteiger partial charge in [-0.15, -0.1) is 0 Å². The topological polar surface area (TPSA) is 55.3 Å². The molecule has 0 radical (unpaired) electrons. The van der Waals surface area contributed by atoms with E-state index in [4.69, 9.17) is 22.8 Å². The van der Waals surface area contributed by atoms with Crippen LogP contribution in [-0.4, -0.2) is 17.8 Å². The van der Waals surface area contributed by atoms with Gasteiger partial charge >= 0.3 is 0 Å². The van der Waals surface area contributed by atoms with Crippen molar-refractivity contribution in [2.24, 2.45) is 11.0 Å². The second-order valence-electron chi connectivity index (χ2n) is 2.69. The monoisotopic (exact) mass is 179 g/mol. The van der Waals surface area contributed by atoms with E-state index >= 15 is 0 Å². The molecule has 0 spiro atoms. The molecule has 4 N–H and O–H groups in total. The fourth-order valence-corrected chi connectivity index (χ4v) is 2.59. The standard InChI is InChI=1S/C5H14N3PS/c6-9(7,10)8-4-2-1-3-5-8/h1-5H2,(H4,6,7,10). The molecule has 10 heavy (non-hydrogen) atoms. The van der Waals surface area contributed by atoms with E-state index in [9.17, 15) is 0 Å². The first-order chi connectivity index (χ1) is 4.61. The summed E-state index contributed by atoms with van der Waals surface area (Å²) in [6.45, 7) is -0.0660. The first-order valence-corrected chi connectivity index (χ1v) is 6.42. The van der Waals surface area contributed by atoms with Crippen LogP contribution in [0.15, 0.2) is 0 Å². The Hall–Kier alpha value is 0.530. The first-order valence-electron chi connectivity index (χ1n) is 3.53. The van der Waals surface area contributed by atoms with Crippen molar-refractivity contribution in [1.82, 2.24) is 4.67 Å². The van der Waals surface area contributed by atoms with Gasteiger partial charge in [-0.2, -0.15) is 0 Å². The van der Waals surface area contributed by atoms with Crippen LogP contribution in [0.2, 0.25) is 0 Å². The Kier molecular flexibility index (Phi) is 2.83. The van der Waals surface area contributed by atoms with Gasteiger partial charge in [-0.25, -0.2) is 0 Å². The highest BCUT2D eigenvalue weighted by Crippen LogP contribution is 2.34. The fraction of sp³-hybridized carbons (Fsp3) is 1.00. The molecule has 5 heteroatoms. The Morgan fingerprint density at radius 3 is 1.90 bits per heavy atom. The van der Waals surface area contributed by atoms with Crippen LogP contribution >= 0.6 is 6.49 Å². The van der Waals surface area contributed by atoms with Crippen LogP contribution in [0, 0.1) is 0 Å². The van der Waals surface area contributed by atoms with Gasteiger partial charge in [0.05, 0.1) is 0 Å². The van der Waals surface area contributed by atoms with Gasteiger partial charge in [-0.05, 0) is 24.6 Å². The van der Waals surface area contributed by atoms with Gasteiger partial charge in [-0.3, -0.25) is 15.7 Å². The normalized spacial score (nSPS) is 23.0. The Morgan fingerprint density at radius 2 is 1.60 bits per heavy atom. The lowest BCUT2D eigenvalue weighted by molar-refractivity contribution is 0.368. The molecule has 0 saturated carbocycles.